The third-order valence-corrected chi connectivity index (χ3v) is 3.76. The van der Waals surface area contributed by atoms with Gasteiger partial charge in [-0.15, -0.1) is 0 Å². The third kappa shape index (κ3) is 2.16. The summed E-state index contributed by atoms with van der Waals surface area (Å²) in [5, 5.41) is 4.17. The van der Waals surface area contributed by atoms with E-state index in [9.17, 15) is 0 Å². The number of rotatable bonds is 2. The normalized spacial score (nSPS) is 15.6. The monoisotopic (exact) mass is 235 g/mol. The molecule has 1 aliphatic carbocycles. The number of nitrogens with one attached hydrogen (secondary N) is 1. The summed E-state index contributed by atoms with van der Waals surface area (Å²) in [7, 11) is 2.01. The Bertz CT molecular complexity index is 432. The summed E-state index contributed by atoms with van der Waals surface area (Å²) in [6.07, 6.45) is 4.52. The molecule has 0 atom stereocenters. The minimum Gasteiger partial charge on any atom is -0.311 e. The first-order valence-corrected chi connectivity index (χ1v) is 6.09. The molecule has 86 valence electrons. The summed E-state index contributed by atoms with van der Waals surface area (Å²) in [5.41, 5.74) is 4.20. The Morgan fingerprint density at radius 2 is 2.00 bits per heavy atom. The lowest BCUT2D eigenvalue weighted by Gasteiger charge is -2.30. The van der Waals surface area contributed by atoms with Gasteiger partial charge in [-0.05, 0) is 62.6 Å². The van der Waals surface area contributed by atoms with Gasteiger partial charge in [0.15, 0.2) is 0 Å². The maximum atomic E-state index is 6.03. The van der Waals surface area contributed by atoms with Crippen LogP contribution in [0.4, 0.5) is 0 Å². The molecule has 0 saturated heterocycles. The molecule has 1 aliphatic rings. The van der Waals surface area contributed by atoms with Crippen molar-refractivity contribution >= 4 is 17.7 Å². The van der Waals surface area contributed by atoms with Gasteiger partial charge in [-0.2, -0.15) is 0 Å². The first kappa shape index (κ1) is 11.7. The Hall–Kier alpha value is -0.790. The molecule has 2 rings (SSSR count). The first-order chi connectivity index (χ1) is 7.53. The lowest BCUT2D eigenvalue weighted by Crippen LogP contribution is -2.38. The first-order valence-electron chi connectivity index (χ1n) is 5.71. The molecule has 0 spiro atoms. The Balaban J connectivity index is 2.41. The molecule has 0 bridgehead atoms. The molecular weight excluding hydrogens is 218 g/mol. The highest BCUT2D eigenvalue weighted by atomic mass is 35.5. The molecule has 0 fully saturated rings. The van der Waals surface area contributed by atoms with Crippen molar-refractivity contribution in [1.29, 1.82) is 0 Å². The van der Waals surface area contributed by atoms with Crippen LogP contribution >= 0.6 is 11.6 Å². The number of hydrogen-bond acceptors (Lipinski definition) is 1. The van der Waals surface area contributed by atoms with E-state index in [1.165, 1.54) is 16.7 Å². The van der Waals surface area contributed by atoms with Gasteiger partial charge in [0.2, 0.25) is 0 Å². The second-order valence-corrected chi connectivity index (χ2v) is 5.32. The van der Waals surface area contributed by atoms with Crippen LogP contribution in [0.3, 0.4) is 0 Å². The van der Waals surface area contributed by atoms with Crippen LogP contribution in [0.15, 0.2) is 23.8 Å². The predicted octanol–water partition coefficient (Wildman–Crippen LogP) is 3.67. The lowest BCUT2D eigenvalue weighted by molar-refractivity contribution is 0.481. The summed E-state index contributed by atoms with van der Waals surface area (Å²) in [6.45, 7) is 4.43. The van der Waals surface area contributed by atoms with Crippen LogP contribution in [0.2, 0.25) is 5.02 Å². The summed E-state index contributed by atoms with van der Waals surface area (Å²) < 4.78 is 0. The van der Waals surface area contributed by atoms with Gasteiger partial charge in [0.25, 0.3) is 0 Å². The summed E-state index contributed by atoms with van der Waals surface area (Å²) >= 11 is 6.03. The van der Waals surface area contributed by atoms with Crippen molar-refractivity contribution in [3.8, 4) is 0 Å². The van der Waals surface area contributed by atoms with E-state index in [2.05, 4.69) is 37.4 Å². The molecule has 0 radical (unpaired) electrons. The second-order valence-electron chi connectivity index (χ2n) is 4.89. The van der Waals surface area contributed by atoms with Crippen LogP contribution in [-0.2, 0) is 6.42 Å². The van der Waals surface area contributed by atoms with Crippen LogP contribution in [0.5, 0.6) is 0 Å². The van der Waals surface area contributed by atoms with E-state index in [0.29, 0.717) is 0 Å². The van der Waals surface area contributed by atoms with Crippen LogP contribution in [0, 0.1) is 0 Å². The number of benzene rings is 1. The Labute approximate surface area is 103 Å². The zero-order chi connectivity index (χ0) is 11.8. The van der Waals surface area contributed by atoms with Crippen molar-refractivity contribution in [2.24, 2.45) is 0 Å². The fourth-order valence-electron chi connectivity index (χ4n) is 2.11. The van der Waals surface area contributed by atoms with Crippen LogP contribution < -0.4 is 5.32 Å². The smallest absolute Gasteiger partial charge is 0.0412 e. The number of likely N-dealkylation sites (N-methyl/N-ethyl adjacent to an activating group) is 1. The van der Waals surface area contributed by atoms with E-state index in [1.54, 1.807) is 0 Å². The van der Waals surface area contributed by atoms with E-state index in [-0.39, 0.29) is 5.54 Å². The Kier molecular flexibility index (Phi) is 3.09. The van der Waals surface area contributed by atoms with Gasteiger partial charge in [0.1, 0.15) is 0 Å². The predicted molar refractivity (Wildman–Crippen MR) is 70.9 cm³/mol. The quantitative estimate of drug-likeness (QED) is 0.825. The van der Waals surface area contributed by atoms with Gasteiger partial charge < -0.3 is 5.32 Å². The maximum Gasteiger partial charge on any atom is 0.0412 e. The third-order valence-electron chi connectivity index (χ3n) is 3.53. The molecule has 2 heteroatoms. The molecule has 1 aromatic rings. The average Bonchev–Trinajstić information content (AvgIpc) is 2.28. The standard InChI is InChI=1S/C14H18ClN/c1-14(2,16-3)12-6-4-10-5-7-13(15)9-11(10)8-12/h5,7-9,16H,4,6H2,1-3H3. The summed E-state index contributed by atoms with van der Waals surface area (Å²) in [6, 6.07) is 6.17. The van der Waals surface area contributed by atoms with Crippen molar-refractivity contribution in [2.45, 2.75) is 32.2 Å². The molecule has 0 aromatic heterocycles. The molecule has 0 heterocycles. The molecule has 16 heavy (non-hydrogen) atoms. The molecule has 0 amide bonds. The molecule has 0 saturated carbocycles. The maximum absolute atomic E-state index is 6.03. The highest BCUT2D eigenvalue weighted by Crippen LogP contribution is 2.31. The van der Waals surface area contributed by atoms with E-state index in [0.717, 1.165) is 17.9 Å². The van der Waals surface area contributed by atoms with Crippen molar-refractivity contribution in [2.75, 3.05) is 7.05 Å². The van der Waals surface area contributed by atoms with Gasteiger partial charge in [-0.25, -0.2) is 0 Å². The van der Waals surface area contributed by atoms with Crippen molar-refractivity contribution in [1.82, 2.24) is 5.32 Å². The molecule has 1 N–H and O–H groups in total. The van der Waals surface area contributed by atoms with E-state index in [1.807, 2.05) is 13.1 Å². The van der Waals surface area contributed by atoms with Gasteiger partial charge in [-0.3, -0.25) is 0 Å². The highest BCUT2D eigenvalue weighted by molar-refractivity contribution is 6.30. The van der Waals surface area contributed by atoms with Crippen molar-refractivity contribution < 1.29 is 0 Å². The van der Waals surface area contributed by atoms with Gasteiger partial charge in [-0.1, -0.05) is 23.7 Å². The zero-order valence-electron chi connectivity index (χ0n) is 10.1. The average molecular weight is 236 g/mol. The van der Waals surface area contributed by atoms with Crippen LogP contribution in [0.1, 0.15) is 31.4 Å². The molecule has 0 aliphatic heterocycles. The summed E-state index contributed by atoms with van der Waals surface area (Å²) in [4.78, 5) is 0. The fourth-order valence-corrected chi connectivity index (χ4v) is 2.29. The minimum absolute atomic E-state index is 0.0695. The number of hydrogen-bond donors (Lipinski definition) is 1. The van der Waals surface area contributed by atoms with Gasteiger partial charge in [0.05, 0.1) is 0 Å². The largest absolute Gasteiger partial charge is 0.311 e. The van der Waals surface area contributed by atoms with Crippen molar-refractivity contribution in [3.05, 3.63) is 39.9 Å². The molecular formula is C14H18ClN. The Morgan fingerprint density at radius 1 is 1.25 bits per heavy atom. The Morgan fingerprint density at radius 3 is 2.69 bits per heavy atom. The molecule has 0 unspecified atom stereocenters. The van der Waals surface area contributed by atoms with Gasteiger partial charge >= 0.3 is 0 Å². The zero-order valence-corrected chi connectivity index (χ0v) is 10.9. The van der Waals surface area contributed by atoms with E-state index < -0.39 is 0 Å². The topological polar surface area (TPSA) is 12.0 Å². The van der Waals surface area contributed by atoms with Crippen molar-refractivity contribution in [3.63, 3.8) is 0 Å². The second kappa shape index (κ2) is 4.23. The molecule has 1 nitrogen and oxygen atoms in total. The van der Waals surface area contributed by atoms with E-state index in [4.69, 9.17) is 11.6 Å². The highest BCUT2D eigenvalue weighted by Gasteiger charge is 2.23. The van der Waals surface area contributed by atoms with Crippen LogP contribution in [-0.4, -0.2) is 12.6 Å². The van der Waals surface area contributed by atoms with Crippen LogP contribution in [0.25, 0.3) is 6.08 Å². The number of aryl methyl sites for hydroxylation is 1. The van der Waals surface area contributed by atoms with E-state index >= 15 is 0 Å². The number of halogens is 1. The lowest BCUT2D eigenvalue weighted by atomic mass is 9.83. The SMILES string of the molecule is CNC(C)(C)C1=Cc2cc(Cl)ccc2CC1. The minimum atomic E-state index is 0.0695. The fraction of sp³-hybridized carbons (Fsp3) is 0.429. The molecule has 1 aromatic carbocycles. The van der Waals surface area contributed by atoms with Gasteiger partial charge in [0, 0.05) is 10.6 Å². The summed E-state index contributed by atoms with van der Waals surface area (Å²) in [5.74, 6) is 0. The number of fused-ring (bicyclic) bond motifs is 1.